The summed E-state index contributed by atoms with van der Waals surface area (Å²) in [5.74, 6) is -0.846. The molecule has 2 unspecified atom stereocenters. The number of nitrogens with zero attached hydrogens (tertiary/aromatic N) is 1. The third-order valence-corrected chi connectivity index (χ3v) is 4.65. The Hall–Kier alpha value is -3.15. The van der Waals surface area contributed by atoms with Gasteiger partial charge in [-0.1, -0.05) is 67.6 Å². The number of hydrogen-bond acceptors (Lipinski definition) is 4. The molecule has 3 rings (SSSR count). The van der Waals surface area contributed by atoms with Crippen molar-refractivity contribution >= 4 is 17.9 Å². The third kappa shape index (κ3) is 4.34. The quantitative estimate of drug-likeness (QED) is 0.817. The highest BCUT2D eigenvalue weighted by Gasteiger charge is 2.34. The van der Waals surface area contributed by atoms with Gasteiger partial charge in [-0.3, -0.25) is 9.59 Å². The number of imide groups is 1. The van der Waals surface area contributed by atoms with Gasteiger partial charge in [0.2, 0.25) is 5.91 Å². The van der Waals surface area contributed by atoms with E-state index in [0.29, 0.717) is 6.42 Å². The van der Waals surface area contributed by atoms with Gasteiger partial charge in [0.15, 0.2) is 6.61 Å². The van der Waals surface area contributed by atoms with Crippen LogP contribution in [0.2, 0.25) is 0 Å². The smallest absolute Gasteiger partial charge is 0.417 e. The molecule has 27 heavy (non-hydrogen) atoms. The Morgan fingerprint density at radius 3 is 2.15 bits per heavy atom. The number of carbonyl (C=O) groups is 3. The minimum absolute atomic E-state index is 0.0403. The molecule has 0 radical (unpaired) electrons. The van der Waals surface area contributed by atoms with E-state index >= 15 is 0 Å². The summed E-state index contributed by atoms with van der Waals surface area (Å²) in [5.41, 5.74) is 1.75. The van der Waals surface area contributed by atoms with E-state index in [1.54, 1.807) is 0 Å². The lowest BCUT2D eigenvalue weighted by Gasteiger charge is -2.25. The van der Waals surface area contributed by atoms with Crippen LogP contribution in [0.4, 0.5) is 4.79 Å². The van der Waals surface area contributed by atoms with Gasteiger partial charge < -0.3 is 10.1 Å². The van der Waals surface area contributed by atoms with Crippen molar-refractivity contribution in [1.82, 2.24) is 10.2 Å². The lowest BCUT2D eigenvalue weighted by atomic mass is 9.94. The van der Waals surface area contributed by atoms with E-state index < -0.39 is 18.0 Å². The lowest BCUT2D eigenvalue weighted by molar-refractivity contribution is -0.127. The first-order valence-corrected chi connectivity index (χ1v) is 8.97. The van der Waals surface area contributed by atoms with Crippen LogP contribution >= 0.6 is 0 Å². The predicted octanol–water partition coefficient (Wildman–Crippen LogP) is 3.02. The Morgan fingerprint density at radius 2 is 1.63 bits per heavy atom. The number of amides is 3. The van der Waals surface area contributed by atoms with Gasteiger partial charge in [0.1, 0.15) is 0 Å². The summed E-state index contributed by atoms with van der Waals surface area (Å²) >= 11 is 0. The summed E-state index contributed by atoms with van der Waals surface area (Å²) in [6, 6.07) is 18.4. The number of hydrogen-bond donors (Lipinski definition) is 1. The van der Waals surface area contributed by atoms with Crippen molar-refractivity contribution in [2.45, 2.75) is 25.3 Å². The highest BCUT2D eigenvalue weighted by molar-refractivity contribution is 5.98. The Labute approximate surface area is 158 Å². The van der Waals surface area contributed by atoms with Crippen LogP contribution in [-0.2, 0) is 14.3 Å². The highest BCUT2D eigenvalue weighted by atomic mass is 16.6. The lowest BCUT2D eigenvalue weighted by Crippen LogP contribution is -2.41. The molecule has 1 N–H and O–H groups in total. The van der Waals surface area contributed by atoms with Crippen LogP contribution in [0.25, 0.3) is 0 Å². The second-order valence-electron chi connectivity index (χ2n) is 6.40. The maximum Gasteiger partial charge on any atom is 0.417 e. The van der Waals surface area contributed by atoms with Crippen molar-refractivity contribution in [3.8, 4) is 0 Å². The fourth-order valence-corrected chi connectivity index (χ4v) is 3.19. The summed E-state index contributed by atoms with van der Waals surface area (Å²) in [6.45, 7) is 1.74. The van der Waals surface area contributed by atoms with E-state index in [4.69, 9.17) is 4.74 Å². The van der Waals surface area contributed by atoms with Crippen LogP contribution in [0.1, 0.15) is 36.4 Å². The molecule has 140 valence electrons. The van der Waals surface area contributed by atoms with E-state index in [2.05, 4.69) is 5.32 Å². The molecule has 0 aliphatic carbocycles. The first kappa shape index (κ1) is 18.6. The molecule has 0 bridgehead atoms. The van der Waals surface area contributed by atoms with Crippen molar-refractivity contribution < 1.29 is 19.1 Å². The second kappa shape index (κ2) is 8.49. The molecule has 1 saturated heterocycles. The summed E-state index contributed by atoms with van der Waals surface area (Å²) in [4.78, 5) is 37.7. The molecule has 2 aromatic rings. The minimum Gasteiger partial charge on any atom is -0.439 e. The van der Waals surface area contributed by atoms with E-state index in [-0.39, 0.29) is 25.0 Å². The SMILES string of the molecule is CCC(C(=O)NC(CN1C(=O)COC1=O)c1ccccc1)c1ccccc1. The van der Waals surface area contributed by atoms with Gasteiger partial charge in [0.05, 0.1) is 18.5 Å². The van der Waals surface area contributed by atoms with Gasteiger partial charge in [0, 0.05) is 0 Å². The molecule has 1 aliphatic rings. The molecule has 2 aromatic carbocycles. The molecular formula is C21H22N2O4. The van der Waals surface area contributed by atoms with Crippen LogP contribution in [0, 0.1) is 0 Å². The standard InChI is InChI=1S/C21H22N2O4/c1-2-17(15-9-5-3-6-10-15)20(25)22-18(16-11-7-4-8-12-16)13-23-19(24)14-27-21(23)26/h3-12,17-18H,2,13-14H2,1H3,(H,22,25). The van der Waals surface area contributed by atoms with E-state index in [1.807, 2.05) is 67.6 Å². The molecule has 2 atom stereocenters. The zero-order valence-electron chi connectivity index (χ0n) is 15.1. The Bertz CT molecular complexity index is 791. The Balaban J connectivity index is 1.81. The molecule has 1 fully saturated rings. The van der Waals surface area contributed by atoms with Crippen LogP contribution in [0.3, 0.4) is 0 Å². The van der Waals surface area contributed by atoms with Crippen LogP contribution in [-0.4, -0.2) is 36.0 Å². The molecule has 3 amide bonds. The number of benzene rings is 2. The summed E-state index contributed by atoms with van der Waals surface area (Å²) in [7, 11) is 0. The average Bonchev–Trinajstić information content (AvgIpc) is 3.01. The van der Waals surface area contributed by atoms with Crippen LogP contribution in [0.5, 0.6) is 0 Å². The second-order valence-corrected chi connectivity index (χ2v) is 6.40. The average molecular weight is 366 g/mol. The van der Waals surface area contributed by atoms with Crippen molar-refractivity contribution in [1.29, 1.82) is 0 Å². The Morgan fingerprint density at radius 1 is 1.04 bits per heavy atom. The normalized spacial score (nSPS) is 16.0. The fourth-order valence-electron chi connectivity index (χ4n) is 3.19. The van der Waals surface area contributed by atoms with Gasteiger partial charge in [-0.15, -0.1) is 0 Å². The summed E-state index contributed by atoms with van der Waals surface area (Å²) < 4.78 is 4.78. The van der Waals surface area contributed by atoms with Crippen LogP contribution < -0.4 is 5.32 Å². The molecule has 0 aromatic heterocycles. The van der Waals surface area contributed by atoms with Gasteiger partial charge in [-0.25, -0.2) is 9.69 Å². The zero-order chi connectivity index (χ0) is 19.2. The van der Waals surface area contributed by atoms with E-state index in [1.165, 1.54) is 0 Å². The highest BCUT2D eigenvalue weighted by Crippen LogP contribution is 2.23. The molecule has 6 nitrogen and oxygen atoms in total. The maximum absolute atomic E-state index is 13.0. The van der Waals surface area contributed by atoms with Gasteiger partial charge in [0.25, 0.3) is 5.91 Å². The number of nitrogens with one attached hydrogen (secondary N) is 1. The minimum atomic E-state index is -0.676. The summed E-state index contributed by atoms with van der Waals surface area (Å²) in [6.07, 6.45) is -0.0348. The predicted molar refractivity (Wildman–Crippen MR) is 99.9 cm³/mol. The number of cyclic esters (lactones) is 1. The molecule has 1 aliphatic heterocycles. The van der Waals surface area contributed by atoms with E-state index in [9.17, 15) is 14.4 Å². The molecule has 6 heteroatoms. The molecule has 0 saturated carbocycles. The zero-order valence-corrected chi connectivity index (χ0v) is 15.1. The number of ether oxygens (including phenoxy) is 1. The van der Waals surface area contributed by atoms with Crippen molar-refractivity contribution in [3.63, 3.8) is 0 Å². The van der Waals surface area contributed by atoms with E-state index in [0.717, 1.165) is 16.0 Å². The first-order chi connectivity index (χ1) is 13.1. The van der Waals surface area contributed by atoms with Crippen molar-refractivity contribution in [2.24, 2.45) is 0 Å². The Kier molecular flexibility index (Phi) is 5.86. The number of rotatable bonds is 7. The number of carbonyl (C=O) groups excluding carboxylic acids is 3. The summed E-state index contributed by atoms with van der Waals surface area (Å²) in [5, 5.41) is 3.01. The maximum atomic E-state index is 13.0. The monoisotopic (exact) mass is 366 g/mol. The van der Waals surface area contributed by atoms with Gasteiger partial charge in [-0.05, 0) is 17.5 Å². The first-order valence-electron chi connectivity index (χ1n) is 8.97. The molecule has 0 spiro atoms. The van der Waals surface area contributed by atoms with Crippen molar-refractivity contribution in [3.05, 3.63) is 71.8 Å². The largest absolute Gasteiger partial charge is 0.439 e. The van der Waals surface area contributed by atoms with Gasteiger partial charge in [-0.2, -0.15) is 0 Å². The fraction of sp³-hybridized carbons (Fsp3) is 0.286. The van der Waals surface area contributed by atoms with Gasteiger partial charge >= 0.3 is 6.09 Å². The third-order valence-electron chi connectivity index (χ3n) is 4.65. The molecular weight excluding hydrogens is 344 g/mol. The topological polar surface area (TPSA) is 75.7 Å². The van der Waals surface area contributed by atoms with Crippen molar-refractivity contribution in [2.75, 3.05) is 13.2 Å². The van der Waals surface area contributed by atoms with Crippen LogP contribution in [0.15, 0.2) is 60.7 Å². The molecule has 1 heterocycles.